The SMILES string of the molecule is CC(C)(C)[Si](C)(C)OCCc1cc2cc(CC(=O)O)ccc2[nH]1. The molecule has 1 aromatic heterocycles. The normalized spacial score (nSPS) is 12.7. The molecule has 0 fully saturated rings. The zero-order valence-electron chi connectivity index (χ0n) is 14.7. The quantitative estimate of drug-likeness (QED) is 0.772. The smallest absolute Gasteiger partial charge is 0.307 e. The highest BCUT2D eigenvalue weighted by atomic mass is 28.4. The molecule has 2 rings (SSSR count). The van der Waals surface area contributed by atoms with Crippen LogP contribution in [0.3, 0.4) is 0 Å². The Hall–Kier alpha value is -1.59. The first-order valence-corrected chi connectivity index (χ1v) is 11.0. The third-order valence-electron chi connectivity index (χ3n) is 4.74. The first-order valence-electron chi connectivity index (χ1n) is 8.05. The van der Waals surface area contributed by atoms with Gasteiger partial charge in [0.15, 0.2) is 8.32 Å². The minimum Gasteiger partial charge on any atom is -0.481 e. The molecule has 0 aliphatic rings. The third kappa shape index (κ3) is 4.45. The van der Waals surface area contributed by atoms with E-state index in [4.69, 9.17) is 9.53 Å². The Kier molecular flexibility index (Phi) is 5.01. The Labute approximate surface area is 139 Å². The van der Waals surface area contributed by atoms with Gasteiger partial charge in [-0.05, 0) is 47.3 Å². The minimum atomic E-state index is -1.70. The summed E-state index contributed by atoms with van der Waals surface area (Å²) in [7, 11) is -1.70. The zero-order chi connectivity index (χ0) is 17.3. The van der Waals surface area contributed by atoms with Gasteiger partial charge in [-0.2, -0.15) is 0 Å². The van der Waals surface area contributed by atoms with Crippen LogP contribution in [0, 0.1) is 0 Å². The molecule has 0 unspecified atom stereocenters. The Bertz CT molecular complexity index is 698. The molecule has 0 atom stereocenters. The monoisotopic (exact) mass is 333 g/mol. The van der Waals surface area contributed by atoms with E-state index < -0.39 is 14.3 Å². The molecular formula is C18H27NO3Si. The van der Waals surface area contributed by atoms with Crippen molar-refractivity contribution in [2.75, 3.05) is 6.61 Å². The van der Waals surface area contributed by atoms with E-state index in [1.165, 1.54) is 0 Å². The van der Waals surface area contributed by atoms with Crippen LogP contribution < -0.4 is 0 Å². The largest absolute Gasteiger partial charge is 0.481 e. The molecule has 126 valence electrons. The van der Waals surface area contributed by atoms with Gasteiger partial charge in [0.1, 0.15) is 0 Å². The molecule has 0 spiro atoms. The summed E-state index contributed by atoms with van der Waals surface area (Å²) in [6.07, 6.45) is 0.903. The average Bonchev–Trinajstić information content (AvgIpc) is 2.78. The van der Waals surface area contributed by atoms with E-state index in [0.29, 0.717) is 6.61 Å². The van der Waals surface area contributed by atoms with E-state index in [1.54, 1.807) is 0 Å². The Morgan fingerprint density at radius 1 is 1.26 bits per heavy atom. The standard InChI is InChI=1S/C18H27NO3Si/c1-18(2,3)23(4,5)22-9-8-15-12-14-10-13(11-17(20)21)6-7-16(14)19-15/h6-7,10,12,19H,8-9,11H2,1-5H3,(H,20,21). The van der Waals surface area contributed by atoms with Crippen LogP contribution in [0.5, 0.6) is 0 Å². The van der Waals surface area contributed by atoms with Crippen LogP contribution in [-0.2, 0) is 22.1 Å². The summed E-state index contributed by atoms with van der Waals surface area (Å²) in [5.41, 5.74) is 3.00. The highest BCUT2D eigenvalue weighted by molar-refractivity contribution is 6.74. The van der Waals surface area contributed by atoms with Crippen LogP contribution >= 0.6 is 0 Å². The molecular weight excluding hydrogens is 306 g/mol. The number of carboxylic acids is 1. The second kappa shape index (κ2) is 6.49. The first kappa shape index (κ1) is 17.8. The van der Waals surface area contributed by atoms with Crippen molar-refractivity contribution < 1.29 is 14.3 Å². The summed E-state index contributed by atoms with van der Waals surface area (Å²) in [5.74, 6) is -0.803. The van der Waals surface area contributed by atoms with Crippen molar-refractivity contribution in [3.8, 4) is 0 Å². The van der Waals surface area contributed by atoms with E-state index in [1.807, 2.05) is 18.2 Å². The van der Waals surface area contributed by atoms with Gasteiger partial charge in [0.25, 0.3) is 0 Å². The molecule has 1 aromatic carbocycles. The fourth-order valence-electron chi connectivity index (χ4n) is 2.29. The molecule has 2 aromatic rings. The van der Waals surface area contributed by atoms with Crippen LogP contribution in [0.2, 0.25) is 18.1 Å². The number of rotatable bonds is 6. The minimum absolute atomic E-state index is 0.0605. The lowest BCUT2D eigenvalue weighted by Crippen LogP contribution is -2.41. The number of nitrogens with one attached hydrogen (secondary N) is 1. The fraction of sp³-hybridized carbons (Fsp3) is 0.500. The number of carbonyl (C=O) groups is 1. The van der Waals surface area contributed by atoms with Gasteiger partial charge in [-0.15, -0.1) is 0 Å². The van der Waals surface area contributed by atoms with Gasteiger partial charge in [0, 0.05) is 24.2 Å². The lowest BCUT2D eigenvalue weighted by atomic mass is 10.1. The van der Waals surface area contributed by atoms with E-state index in [9.17, 15) is 4.79 Å². The maximum Gasteiger partial charge on any atom is 0.307 e. The first-order chi connectivity index (χ1) is 10.6. The third-order valence-corrected chi connectivity index (χ3v) is 9.27. The fourth-order valence-corrected chi connectivity index (χ4v) is 3.34. The number of aromatic amines is 1. The van der Waals surface area contributed by atoms with Gasteiger partial charge in [-0.25, -0.2) is 0 Å². The van der Waals surface area contributed by atoms with Gasteiger partial charge in [-0.3, -0.25) is 4.79 Å². The molecule has 0 saturated heterocycles. The summed E-state index contributed by atoms with van der Waals surface area (Å²) >= 11 is 0. The predicted octanol–water partition coefficient (Wildman–Crippen LogP) is 4.36. The molecule has 0 radical (unpaired) electrons. The maximum absolute atomic E-state index is 10.8. The Morgan fingerprint density at radius 3 is 2.57 bits per heavy atom. The Morgan fingerprint density at radius 2 is 1.96 bits per heavy atom. The van der Waals surface area contributed by atoms with Gasteiger partial charge >= 0.3 is 5.97 Å². The highest BCUT2D eigenvalue weighted by Crippen LogP contribution is 2.36. The lowest BCUT2D eigenvalue weighted by molar-refractivity contribution is -0.136. The summed E-state index contributed by atoms with van der Waals surface area (Å²) in [4.78, 5) is 14.2. The summed E-state index contributed by atoms with van der Waals surface area (Å²) < 4.78 is 6.21. The van der Waals surface area contributed by atoms with Gasteiger partial charge in [0.2, 0.25) is 0 Å². The van der Waals surface area contributed by atoms with E-state index >= 15 is 0 Å². The molecule has 0 aliphatic heterocycles. The number of H-pyrrole nitrogens is 1. The van der Waals surface area contributed by atoms with E-state index in [0.717, 1.165) is 28.6 Å². The van der Waals surface area contributed by atoms with Crippen molar-refractivity contribution in [1.29, 1.82) is 0 Å². The number of aromatic nitrogens is 1. The lowest BCUT2D eigenvalue weighted by Gasteiger charge is -2.36. The van der Waals surface area contributed by atoms with Crippen LogP contribution in [0.4, 0.5) is 0 Å². The second-order valence-electron chi connectivity index (χ2n) is 7.65. The predicted molar refractivity (Wildman–Crippen MR) is 96.5 cm³/mol. The van der Waals surface area contributed by atoms with Gasteiger partial charge in [0.05, 0.1) is 6.42 Å². The van der Waals surface area contributed by atoms with E-state index in [2.05, 4.69) is 44.9 Å². The number of aliphatic carboxylic acids is 1. The molecule has 23 heavy (non-hydrogen) atoms. The molecule has 5 heteroatoms. The van der Waals surface area contributed by atoms with E-state index in [-0.39, 0.29) is 11.5 Å². The van der Waals surface area contributed by atoms with Crippen molar-refractivity contribution >= 4 is 25.2 Å². The van der Waals surface area contributed by atoms with Crippen molar-refractivity contribution in [3.05, 3.63) is 35.5 Å². The molecule has 0 bridgehead atoms. The highest BCUT2D eigenvalue weighted by Gasteiger charge is 2.36. The number of hydrogen-bond acceptors (Lipinski definition) is 2. The number of hydrogen-bond donors (Lipinski definition) is 2. The Balaban J connectivity index is 2.03. The molecule has 0 saturated carbocycles. The molecule has 0 aliphatic carbocycles. The number of carboxylic acid groups (broad SMARTS) is 1. The van der Waals surface area contributed by atoms with Gasteiger partial charge in [-0.1, -0.05) is 26.8 Å². The summed E-state index contributed by atoms with van der Waals surface area (Å²) in [5, 5.41) is 10.2. The van der Waals surface area contributed by atoms with Crippen molar-refractivity contribution in [1.82, 2.24) is 4.98 Å². The topological polar surface area (TPSA) is 62.3 Å². The number of fused-ring (bicyclic) bond motifs is 1. The molecule has 4 nitrogen and oxygen atoms in total. The summed E-state index contributed by atoms with van der Waals surface area (Å²) in [6, 6.07) is 7.85. The van der Waals surface area contributed by atoms with Crippen LogP contribution in [-0.4, -0.2) is 31.0 Å². The second-order valence-corrected chi connectivity index (χ2v) is 12.5. The molecule has 1 heterocycles. The van der Waals surface area contributed by atoms with Crippen molar-refractivity contribution in [2.45, 2.75) is 51.7 Å². The van der Waals surface area contributed by atoms with Crippen molar-refractivity contribution in [2.24, 2.45) is 0 Å². The number of benzene rings is 1. The van der Waals surface area contributed by atoms with Crippen molar-refractivity contribution in [3.63, 3.8) is 0 Å². The maximum atomic E-state index is 10.8. The zero-order valence-corrected chi connectivity index (χ0v) is 15.7. The van der Waals surface area contributed by atoms with Gasteiger partial charge < -0.3 is 14.5 Å². The molecule has 0 amide bonds. The van der Waals surface area contributed by atoms with Crippen LogP contribution in [0.1, 0.15) is 32.0 Å². The van der Waals surface area contributed by atoms with Crippen LogP contribution in [0.25, 0.3) is 10.9 Å². The van der Waals surface area contributed by atoms with Crippen LogP contribution in [0.15, 0.2) is 24.3 Å². The molecule has 2 N–H and O–H groups in total. The average molecular weight is 334 g/mol. The summed E-state index contributed by atoms with van der Waals surface area (Å²) in [6.45, 7) is 12.0.